The molecule has 0 spiro atoms. The molecule has 0 radical (unpaired) electrons. The number of Topliss-reactive ketones (excluding diaryl/α,β-unsaturated/α-hetero) is 1. The molecule has 2 N–H and O–H groups in total. The Morgan fingerprint density at radius 3 is 2.30 bits per heavy atom. The van der Waals surface area contributed by atoms with Gasteiger partial charge in [0, 0.05) is 36.2 Å². The topological polar surface area (TPSA) is 107 Å². The third kappa shape index (κ3) is 9.00. The van der Waals surface area contributed by atoms with Crippen LogP contribution in [0.4, 0.5) is 0 Å². The van der Waals surface area contributed by atoms with Gasteiger partial charge in [-0.25, -0.2) is 4.79 Å². The van der Waals surface area contributed by atoms with Crippen LogP contribution >= 0.6 is 0 Å². The highest BCUT2D eigenvalue weighted by molar-refractivity contribution is 6.09. The molecule has 1 fully saturated rings. The fourth-order valence-electron chi connectivity index (χ4n) is 6.05. The second kappa shape index (κ2) is 16.0. The second-order valence-corrected chi connectivity index (χ2v) is 13.0. The maximum atomic E-state index is 14.1. The first-order valence-corrected chi connectivity index (χ1v) is 16.1. The average Bonchev–Trinajstić information content (AvgIpc) is 3.02. The summed E-state index contributed by atoms with van der Waals surface area (Å²) in [4.78, 5) is 56.4. The van der Waals surface area contributed by atoms with Crippen molar-refractivity contribution in [3.63, 3.8) is 0 Å². The van der Waals surface area contributed by atoms with E-state index in [-0.39, 0.29) is 47.6 Å². The van der Waals surface area contributed by atoms with E-state index in [2.05, 4.69) is 31.0 Å². The number of benzene rings is 1. The monoisotopic (exact) mass is 605 g/mol. The van der Waals surface area contributed by atoms with Crippen LogP contribution in [0.15, 0.2) is 59.7 Å². The number of nitrogens with zero attached hydrogens (tertiary/aromatic N) is 2. The Morgan fingerprint density at radius 1 is 1.05 bits per heavy atom. The lowest BCUT2D eigenvalue weighted by Crippen LogP contribution is -2.58. The van der Waals surface area contributed by atoms with Gasteiger partial charge < -0.3 is 15.3 Å². The van der Waals surface area contributed by atoms with Gasteiger partial charge in [-0.1, -0.05) is 82.7 Å². The largest absolute Gasteiger partial charge is 0.478 e. The van der Waals surface area contributed by atoms with Crippen molar-refractivity contribution in [2.75, 3.05) is 13.6 Å². The molecule has 0 saturated carbocycles. The predicted molar refractivity (Wildman–Crippen MR) is 174 cm³/mol. The summed E-state index contributed by atoms with van der Waals surface area (Å²) >= 11 is 0. The van der Waals surface area contributed by atoms with Crippen LogP contribution in [0.3, 0.4) is 0 Å². The summed E-state index contributed by atoms with van der Waals surface area (Å²) in [7, 11) is 1.67. The minimum atomic E-state index is -1.03. The molecule has 0 bridgehead atoms. The number of piperidine rings is 1. The first kappa shape index (κ1) is 35.0. The predicted octanol–water partition coefficient (Wildman–Crippen LogP) is 5.59. The number of carbonyl (C=O) groups excluding carboxylic acids is 3. The number of rotatable bonds is 13. The van der Waals surface area contributed by atoms with Gasteiger partial charge in [0.05, 0.1) is 12.1 Å². The lowest BCUT2D eigenvalue weighted by atomic mass is 9.93. The number of carbonyl (C=O) groups is 4. The Hall–Kier alpha value is -3.52. The third-order valence-corrected chi connectivity index (χ3v) is 9.15. The van der Waals surface area contributed by atoms with Gasteiger partial charge in [-0.2, -0.15) is 0 Å². The lowest BCUT2D eigenvalue weighted by molar-refractivity contribution is -0.139. The smallest absolute Gasteiger partial charge is 0.331 e. The maximum absolute atomic E-state index is 14.1. The molecule has 1 heterocycles. The fraction of sp³-hybridized carbons (Fsp3) is 0.556. The molecule has 2 amide bonds. The molecule has 1 aliphatic heterocycles. The number of amides is 2. The number of likely N-dealkylation sites (tertiary alicyclic amines) is 1. The van der Waals surface area contributed by atoms with Crippen molar-refractivity contribution in [2.24, 2.45) is 11.8 Å². The molecular weight excluding hydrogens is 554 g/mol. The summed E-state index contributed by atoms with van der Waals surface area (Å²) in [6.45, 7) is 12.7. The second-order valence-electron chi connectivity index (χ2n) is 13.0. The number of carboxylic acids is 1. The highest BCUT2D eigenvalue weighted by Gasteiger charge is 2.36. The average molecular weight is 606 g/mol. The molecule has 4 atom stereocenters. The summed E-state index contributed by atoms with van der Waals surface area (Å²) < 4.78 is 0. The Bertz CT molecular complexity index is 1280. The number of ketones is 1. The van der Waals surface area contributed by atoms with E-state index < -0.39 is 18.1 Å². The number of hydrogen-bond donors (Lipinski definition) is 2. The molecule has 1 aromatic rings. The molecule has 0 aromatic heterocycles. The maximum Gasteiger partial charge on any atom is 0.331 e. The van der Waals surface area contributed by atoms with Gasteiger partial charge in [0.1, 0.15) is 6.04 Å². The van der Waals surface area contributed by atoms with Gasteiger partial charge in [0.2, 0.25) is 11.8 Å². The fourth-order valence-corrected chi connectivity index (χ4v) is 6.05. The summed E-state index contributed by atoms with van der Waals surface area (Å²) in [6, 6.07) is 5.83. The highest BCUT2D eigenvalue weighted by atomic mass is 16.4. The van der Waals surface area contributed by atoms with E-state index in [0.717, 1.165) is 43.4 Å². The van der Waals surface area contributed by atoms with Gasteiger partial charge in [0.25, 0.3) is 0 Å². The van der Waals surface area contributed by atoms with E-state index in [0.29, 0.717) is 17.9 Å². The van der Waals surface area contributed by atoms with Crippen molar-refractivity contribution in [2.45, 2.75) is 104 Å². The number of nitrogens with one attached hydrogen (secondary N) is 1. The van der Waals surface area contributed by atoms with Gasteiger partial charge in [-0.05, 0) is 63.5 Å². The minimum absolute atomic E-state index is 0.00131. The first-order valence-electron chi connectivity index (χ1n) is 16.1. The van der Waals surface area contributed by atoms with Gasteiger partial charge >= 0.3 is 5.97 Å². The minimum Gasteiger partial charge on any atom is -0.478 e. The van der Waals surface area contributed by atoms with Crippen molar-refractivity contribution in [3.05, 3.63) is 70.8 Å². The van der Waals surface area contributed by atoms with Crippen LogP contribution in [0.2, 0.25) is 0 Å². The molecule has 1 saturated heterocycles. The molecule has 3 rings (SSSR count). The molecular formula is C36H51N3O5. The van der Waals surface area contributed by atoms with E-state index in [1.807, 2.05) is 44.2 Å². The first-order chi connectivity index (χ1) is 20.8. The van der Waals surface area contributed by atoms with Crippen LogP contribution in [0.1, 0.15) is 89.6 Å². The quantitative estimate of drug-likeness (QED) is 0.224. The normalized spacial score (nSPS) is 19.7. The molecule has 4 unspecified atom stereocenters. The summed E-state index contributed by atoms with van der Waals surface area (Å²) in [6.07, 6.45) is 11.9. The molecule has 8 nitrogen and oxygen atoms in total. The van der Waals surface area contributed by atoms with E-state index in [1.54, 1.807) is 30.2 Å². The number of allylic oxidation sites excluding steroid dienone is 4. The zero-order valence-electron chi connectivity index (χ0n) is 27.5. The molecule has 1 aliphatic carbocycles. The summed E-state index contributed by atoms with van der Waals surface area (Å²) in [5.74, 6) is -1.16. The van der Waals surface area contributed by atoms with Gasteiger partial charge in [-0.15, -0.1) is 0 Å². The van der Waals surface area contributed by atoms with Crippen LogP contribution in [-0.4, -0.2) is 76.2 Å². The Morgan fingerprint density at radius 2 is 1.73 bits per heavy atom. The molecule has 8 heteroatoms. The standard InChI is InChI=1S/C36H51N3O5/c1-23(2)26(6)39-20-12-11-15-31(39)34(41)37-30(35(42)38(7)32(24(3)4)21-25(5)36(43)44)22-27-16-18-29(19-17-27)33(40)28-13-9-8-10-14-28/h8-9,13,16-19,21,23-24,26,30-32H,10-12,14-15,20,22H2,1-7H3,(H,37,41)(H,43,44)/b25-21+. The van der Waals surface area contributed by atoms with Crippen molar-refractivity contribution < 1.29 is 24.3 Å². The van der Waals surface area contributed by atoms with Crippen molar-refractivity contribution in [3.8, 4) is 0 Å². The van der Waals surface area contributed by atoms with Gasteiger partial charge in [-0.3, -0.25) is 19.3 Å². The van der Waals surface area contributed by atoms with Crippen LogP contribution in [-0.2, 0) is 20.8 Å². The molecule has 240 valence electrons. The zero-order valence-corrected chi connectivity index (χ0v) is 27.5. The van der Waals surface area contributed by atoms with Gasteiger partial charge in [0.15, 0.2) is 5.78 Å². The van der Waals surface area contributed by atoms with Crippen molar-refractivity contribution in [1.29, 1.82) is 0 Å². The number of carboxylic acid groups (broad SMARTS) is 1. The lowest BCUT2D eigenvalue weighted by Gasteiger charge is -2.41. The van der Waals surface area contributed by atoms with E-state index in [9.17, 15) is 24.3 Å². The van der Waals surface area contributed by atoms with Crippen molar-refractivity contribution in [1.82, 2.24) is 15.1 Å². The van der Waals surface area contributed by atoms with Crippen LogP contribution in [0.25, 0.3) is 0 Å². The van der Waals surface area contributed by atoms with Crippen molar-refractivity contribution >= 4 is 23.6 Å². The van der Waals surface area contributed by atoms with Crippen LogP contribution < -0.4 is 5.32 Å². The highest BCUT2D eigenvalue weighted by Crippen LogP contribution is 2.24. The zero-order chi connectivity index (χ0) is 32.6. The van der Waals surface area contributed by atoms with E-state index >= 15 is 0 Å². The van der Waals surface area contributed by atoms with E-state index in [4.69, 9.17) is 0 Å². The Labute approximate surface area is 263 Å². The number of likely N-dealkylation sites (N-methyl/N-ethyl adjacent to an activating group) is 1. The Balaban J connectivity index is 1.90. The number of aliphatic carboxylic acids is 1. The SMILES string of the molecule is C/C(=C\C(C(C)C)N(C)C(=O)C(Cc1ccc(C(=O)C2=CC=CCC2)cc1)NC(=O)C1CCCCN1C(C)C(C)C)C(=O)O. The molecule has 2 aliphatic rings. The third-order valence-electron chi connectivity index (χ3n) is 9.15. The van der Waals surface area contributed by atoms with Crippen LogP contribution in [0, 0.1) is 11.8 Å². The summed E-state index contributed by atoms with van der Waals surface area (Å²) in [5, 5.41) is 12.6. The number of hydrogen-bond acceptors (Lipinski definition) is 5. The van der Waals surface area contributed by atoms with E-state index in [1.165, 1.54) is 6.92 Å². The summed E-state index contributed by atoms with van der Waals surface area (Å²) in [5.41, 5.74) is 2.35. The molecule has 1 aromatic carbocycles. The molecule has 44 heavy (non-hydrogen) atoms. The van der Waals surface area contributed by atoms with Crippen LogP contribution in [0.5, 0.6) is 0 Å². The Kier molecular flexibility index (Phi) is 12.7.